The molecule has 0 fully saturated rings. The quantitative estimate of drug-likeness (QED) is 0.424. The second kappa shape index (κ2) is 6.68. The molecule has 25 heavy (non-hydrogen) atoms. The van der Waals surface area contributed by atoms with Crippen LogP contribution in [0.3, 0.4) is 0 Å². The summed E-state index contributed by atoms with van der Waals surface area (Å²) in [6.07, 6.45) is 1.59. The summed E-state index contributed by atoms with van der Waals surface area (Å²) in [5.74, 6) is 0.0291. The van der Waals surface area contributed by atoms with Crippen molar-refractivity contribution in [1.82, 2.24) is 4.98 Å². The lowest BCUT2D eigenvalue weighted by Crippen LogP contribution is -1.99. The van der Waals surface area contributed by atoms with Crippen LogP contribution in [-0.2, 0) is 0 Å². The highest BCUT2D eigenvalue weighted by Crippen LogP contribution is 2.31. The van der Waals surface area contributed by atoms with E-state index in [0.717, 1.165) is 11.1 Å². The number of pyridine rings is 1. The number of phenols is 1. The molecule has 0 saturated heterocycles. The molecule has 0 aliphatic rings. The minimum absolute atomic E-state index is 0.102. The van der Waals surface area contributed by atoms with Crippen LogP contribution < -0.4 is 5.32 Å². The van der Waals surface area contributed by atoms with E-state index in [1.165, 1.54) is 18.2 Å². The Balaban J connectivity index is 1.98. The normalized spacial score (nSPS) is 10.0. The van der Waals surface area contributed by atoms with Gasteiger partial charge in [-0.25, -0.2) is 4.98 Å². The van der Waals surface area contributed by atoms with Crippen molar-refractivity contribution in [2.24, 2.45) is 0 Å². The molecule has 2 aromatic carbocycles. The van der Waals surface area contributed by atoms with Crippen molar-refractivity contribution in [2.45, 2.75) is 0 Å². The van der Waals surface area contributed by atoms with E-state index in [4.69, 9.17) is 0 Å². The van der Waals surface area contributed by atoms with Gasteiger partial charge >= 0.3 is 0 Å². The molecule has 0 radical (unpaired) electrons. The van der Waals surface area contributed by atoms with Crippen molar-refractivity contribution in [3.05, 3.63) is 76.5 Å². The summed E-state index contributed by atoms with van der Waals surface area (Å²) in [4.78, 5) is 14.5. The fourth-order valence-electron chi connectivity index (χ4n) is 2.30. The number of nitrogens with one attached hydrogen (secondary N) is 1. The van der Waals surface area contributed by atoms with Crippen molar-refractivity contribution in [3.63, 3.8) is 0 Å². The third kappa shape index (κ3) is 3.38. The van der Waals surface area contributed by atoms with Crippen LogP contribution in [0.25, 0.3) is 11.1 Å². The van der Waals surface area contributed by atoms with Gasteiger partial charge in [0.15, 0.2) is 0 Å². The van der Waals surface area contributed by atoms with E-state index in [1.54, 1.807) is 12.3 Å². The third-order valence-electron chi connectivity index (χ3n) is 3.56. The van der Waals surface area contributed by atoms with Gasteiger partial charge in [-0.2, -0.15) is 5.26 Å². The highest BCUT2D eigenvalue weighted by atomic mass is 16.6. The lowest BCUT2D eigenvalue weighted by molar-refractivity contribution is -0.384. The van der Waals surface area contributed by atoms with Crippen LogP contribution in [0.4, 0.5) is 17.2 Å². The first-order chi connectivity index (χ1) is 12.1. The van der Waals surface area contributed by atoms with Crippen LogP contribution in [0.15, 0.2) is 60.8 Å². The minimum atomic E-state index is -0.568. The molecular formula is C18H12N4O3. The second-order valence-electron chi connectivity index (χ2n) is 5.18. The molecule has 2 N–H and O–H groups in total. The number of rotatable bonds is 4. The van der Waals surface area contributed by atoms with Gasteiger partial charge in [0, 0.05) is 23.9 Å². The van der Waals surface area contributed by atoms with Gasteiger partial charge in [0.1, 0.15) is 17.6 Å². The number of nitro groups is 1. The molecular weight excluding hydrogens is 320 g/mol. The maximum atomic E-state index is 10.9. The molecule has 0 atom stereocenters. The minimum Gasteiger partial charge on any atom is -0.506 e. The summed E-state index contributed by atoms with van der Waals surface area (Å²) >= 11 is 0. The maximum absolute atomic E-state index is 10.9. The van der Waals surface area contributed by atoms with Gasteiger partial charge in [0.25, 0.3) is 5.69 Å². The fraction of sp³-hybridized carbons (Fsp3) is 0. The topological polar surface area (TPSA) is 112 Å². The molecule has 7 nitrogen and oxygen atoms in total. The van der Waals surface area contributed by atoms with Crippen LogP contribution in [0, 0.1) is 21.4 Å². The summed E-state index contributed by atoms with van der Waals surface area (Å²) in [5, 5.41) is 32.9. The molecule has 7 heteroatoms. The van der Waals surface area contributed by atoms with Crippen molar-refractivity contribution >= 4 is 17.2 Å². The van der Waals surface area contributed by atoms with Gasteiger partial charge in [0.2, 0.25) is 0 Å². The molecule has 3 rings (SSSR count). The van der Waals surface area contributed by atoms with Crippen molar-refractivity contribution in [2.75, 3.05) is 5.32 Å². The Kier molecular flexibility index (Phi) is 4.26. The average molecular weight is 332 g/mol. The number of benzene rings is 2. The molecule has 122 valence electrons. The summed E-state index contributed by atoms with van der Waals surface area (Å²) in [6, 6.07) is 16.8. The smallest absolute Gasteiger partial charge is 0.271 e. The highest BCUT2D eigenvalue weighted by Gasteiger charge is 2.13. The first-order valence-corrected chi connectivity index (χ1v) is 7.28. The number of aromatic hydroxyl groups is 1. The van der Waals surface area contributed by atoms with Crippen LogP contribution in [0.1, 0.15) is 5.56 Å². The molecule has 1 heterocycles. The standard InChI is InChI=1S/C18H12N4O3/c19-10-13-8-14(12-4-2-1-3-5-12)11-20-18(13)21-16-9-15(22(24)25)6-7-17(16)23/h1-9,11,23H,(H,20,21). The largest absolute Gasteiger partial charge is 0.506 e. The first-order valence-electron chi connectivity index (χ1n) is 7.28. The van der Waals surface area contributed by atoms with Gasteiger partial charge in [-0.05, 0) is 17.7 Å². The Morgan fingerprint density at radius 3 is 2.56 bits per heavy atom. The number of aromatic nitrogens is 1. The number of anilines is 2. The van der Waals surface area contributed by atoms with Gasteiger partial charge in [-0.1, -0.05) is 30.3 Å². The monoisotopic (exact) mass is 332 g/mol. The van der Waals surface area contributed by atoms with Gasteiger partial charge in [-0.3, -0.25) is 10.1 Å². The molecule has 0 spiro atoms. The number of nitrogens with zero attached hydrogens (tertiary/aromatic N) is 3. The summed E-state index contributed by atoms with van der Waals surface area (Å²) in [6.45, 7) is 0. The van der Waals surface area contributed by atoms with Crippen molar-refractivity contribution < 1.29 is 10.0 Å². The van der Waals surface area contributed by atoms with Crippen molar-refractivity contribution in [3.8, 4) is 22.9 Å². The van der Waals surface area contributed by atoms with Crippen molar-refractivity contribution in [1.29, 1.82) is 5.26 Å². The predicted molar refractivity (Wildman–Crippen MR) is 92.4 cm³/mol. The second-order valence-corrected chi connectivity index (χ2v) is 5.18. The molecule has 0 aliphatic heterocycles. The van der Waals surface area contributed by atoms with Crippen LogP contribution in [0.5, 0.6) is 5.75 Å². The Bertz CT molecular complexity index is 981. The number of nitro benzene ring substituents is 1. The SMILES string of the molecule is N#Cc1cc(-c2ccccc2)cnc1Nc1cc([N+](=O)[O-])ccc1O. The number of phenolic OH excluding ortho intramolecular Hbond substituents is 1. The molecule has 1 aromatic heterocycles. The summed E-state index contributed by atoms with van der Waals surface area (Å²) in [7, 11) is 0. The van der Waals surface area contributed by atoms with E-state index >= 15 is 0 Å². The van der Waals surface area contributed by atoms with Crippen LogP contribution >= 0.6 is 0 Å². The Hall–Kier alpha value is -3.92. The van der Waals surface area contributed by atoms with E-state index in [-0.39, 0.29) is 28.5 Å². The van der Waals surface area contributed by atoms with Gasteiger partial charge in [0.05, 0.1) is 16.2 Å². The first kappa shape index (κ1) is 16.0. The zero-order chi connectivity index (χ0) is 17.8. The highest BCUT2D eigenvalue weighted by molar-refractivity contribution is 5.73. The predicted octanol–water partition coefficient (Wildman–Crippen LogP) is 3.98. The van der Waals surface area contributed by atoms with E-state index in [9.17, 15) is 20.5 Å². The maximum Gasteiger partial charge on any atom is 0.271 e. The molecule has 0 saturated carbocycles. The molecule has 0 unspecified atom stereocenters. The van der Waals surface area contributed by atoms with Gasteiger partial charge < -0.3 is 10.4 Å². The number of nitriles is 1. The summed E-state index contributed by atoms with van der Waals surface area (Å²) < 4.78 is 0. The van der Waals surface area contributed by atoms with Crippen LogP contribution in [-0.4, -0.2) is 15.0 Å². The Morgan fingerprint density at radius 2 is 1.88 bits per heavy atom. The number of non-ortho nitro benzene ring substituents is 1. The van der Waals surface area contributed by atoms with E-state index in [0.29, 0.717) is 0 Å². The van der Waals surface area contributed by atoms with E-state index in [1.807, 2.05) is 36.4 Å². The molecule has 0 aliphatic carbocycles. The zero-order valence-corrected chi connectivity index (χ0v) is 12.9. The average Bonchev–Trinajstić information content (AvgIpc) is 2.64. The Labute approximate surface area is 143 Å². The summed E-state index contributed by atoms with van der Waals surface area (Å²) in [5.41, 5.74) is 1.86. The van der Waals surface area contributed by atoms with Gasteiger partial charge in [-0.15, -0.1) is 0 Å². The zero-order valence-electron chi connectivity index (χ0n) is 12.9. The molecule has 3 aromatic rings. The van der Waals surface area contributed by atoms with E-state index in [2.05, 4.69) is 10.3 Å². The number of hydrogen-bond donors (Lipinski definition) is 2. The molecule has 0 amide bonds. The van der Waals surface area contributed by atoms with E-state index < -0.39 is 4.92 Å². The third-order valence-corrected chi connectivity index (χ3v) is 3.56. The lowest BCUT2D eigenvalue weighted by atomic mass is 10.1. The number of hydrogen-bond acceptors (Lipinski definition) is 6. The Morgan fingerprint density at radius 1 is 1.12 bits per heavy atom. The van der Waals surface area contributed by atoms with Crippen LogP contribution in [0.2, 0.25) is 0 Å². The fourth-order valence-corrected chi connectivity index (χ4v) is 2.30. The molecule has 0 bridgehead atoms. The lowest BCUT2D eigenvalue weighted by Gasteiger charge is -2.10.